The lowest BCUT2D eigenvalue weighted by atomic mass is 10.0. The third kappa shape index (κ3) is 6.07. The number of thiocarbonyl (C=S) groups is 1. The first kappa shape index (κ1) is 20.4. The number of carbonyl (C=O) groups is 2. The molecule has 0 atom stereocenters. The summed E-state index contributed by atoms with van der Waals surface area (Å²) in [7, 11) is 1.32. The maximum Gasteiger partial charge on any atom is 0.337 e. The molecule has 2 rings (SSSR count). The van der Waals surface area contributed by atoms with Gasteiger partial charge in [-0.15, -0.1) is 0 Å². The fourth-order valence-electron chi connectivity index (χ4n) is 2.36. The molecule has 0 fully saturated rings. The Bertz CT molecular complexity index is 819. The molecule has 0 saturated carbocycles. The van der Waals surface area contributed by atoms with E-state index < -0.39 is 5.97 Å². The minimum Gasteiger partial charge on any atom is -0.483 e. The fraction of sp³-hybridized carbons (Fsp3) is 0.250. The van der Waals surface area contributed by atoms with Crippen LogP contribution < -0.4 is 15.4 Å². The Hall–Kier alpha value is -2.93. The van der Waals surface area contributed by atoms with Crippen LogP contribution in [0.15, 0.2) is 48.5 Å². The van der Waals surface area contributed by atoms with Crippen LogP contribution in [-0.4, -0.2) is 30.7 Å². The molecule has 0 bridgehead atoms. The number of carbonyl (C=O) groups excluding carboxylic acids is 2. The highest BCUT2D eigenvalue weighted by molar-refractivity contribution is 7.80. The average molecular weight is 386 g/mol. The van der Waals surface area contributed by atoms with Crippen LogP contribution in [0.3, 0.4) is 0 Å². The number of para-hydroxylation sites is 1. The second kappa shape index (κ2) is 9.68. The van der Waals surface area contributed by atoms with Crippen molar-refractivity contribution in [3.8, 4) is 5.75 Å². The minimum absolute atomic E-state index is 0.145. The molecule has 0 radical (unpaired) electrons. The van der Waals surface area contributed by atoms with Gasteiger partial charge in [-0.1, -0.05) is 32.0 Å². The van der Waals surface area contributed by atoms with E-state index in [1.54, 1.807) is 24.3 Å². The van der Waals surface area contributed by atoms with E-state index in [1.165, 1.54) is 7.11 Å². The molecule has 0 spiro atoms. The van der Waals surface area contributed by atoms with Gasteiger partial charge in [0.15, 0.2) is 11.7 Å². The maximum atomic E-state index is 12.1. The third-order valence-electron chi connectivity index (χ3n) is 3.72. The molecule has 2 aromatic rings. The van der Waals surface area contributed by atoms with E-state index in [4.69, 9.17) is 17.0 Å². The Kier molecular flexibility index (Phi) is 7.31. The summed E-state index contributed by atoms with van der Waals surface area (Å²) in [4.78, 5) is 23.5. The highest BCUT2D eigenvalue weighted by atomic mass is 32.1. The van der Waals surface area contributed by atoms with Gasteiger partial charge in [-0.25, -0.2) is 4.79 Å². The second-order valence-electron chi connectivity index (χ2n) is 6.05. The summed E-state index contributed by atoms with van der Waals surface area (Å²) in [5.41, 5.74) is 2.10. The number of amides is 1. The van der Waals surface area contributed by atoms with Crippen LogP contribution in [0.5, 0.6) is 5.75 Å². The molecule has 2 N–H and O–H groups in total. The number of benzene rings is 2. The Balaban J connectivity index is 1.85. The van der Waals surface area contributed by atoms with Gasteiger partial charge < -0.3 is 14.8 Å². The standard InChI is InChI=1S/C20H22N2O4S/c1-13(2)16-6-4-5-7-17(16)26-12-18(23)22-20(27)21-15-10-8-14(9-11-15)19(24)25-3/h4-11,13H,12H2,1-3H3,(H2,21,22,23,27). The SMILES string of the molecule is COC(=O)c1ccc(NC(=S)NC(=O)COc2ccccc2C(C)C)cc1. The number of hydrogen-bond donors (Lipinski definition) is 2. The van der Waals surface area contributed by atoms with Gasteiger partial charge in [-0.2, -0.15) is 0 Å². The smallest absolute Gasteiger partial charge is 0.337 e. The van der Waals surface area contributed by atoms with E-state index in [-0.39, 0.29) is 17.6 Å². The van der Waals surface area contributed by atoms with Gasteiger partial charge >= 0.3 is 5.97 Å². The zero-order chi connectivity index (χ0) is 19.8. The van der Waals surface area contributed by atoms with E-state index in [9.17, 15) is 9.59 Å². The van der Waals surface area contributed by atoms with Crippen molar-refractivity contribution in [1.82, 2.24) is 5.32 Å². The van der Waals surface area contributed by atoms with Gasteiger partial charge in [0, 0.05) is 5.69 Å². The van der Waals surface area contributed by atoms with Crippen LogP contribution in [-0.2, 0) is 9.53 Å². The summed E-state index contributed by atoms with van der Waals surface area (Å²) in [5.74, 6) is 0.188. The molecule has 0 aliphatic carbocycles. The normalized spacial score (nSPS) is 10.2. The summed E-state index contributed by atoms with van der Waals surface area (Å²) < 4.78 is 10.3. The first-order valence-electron chi connectivity index (χ1n) is 8.41. The number of rotatable bonds is 6. The van der Waals surface area contributed by atoms with Crippen molar-refractivity contribution in [2.75, 3.05) is 19.0 Å². The predicted octanol–water partition coefficient (Wildman–Crippen LogP) is 3.49. The van der Waals surface area contributed by atoms with Crippen LogP contribution in [0.1, 0.15) is 35.7 Å². The number of methoxy groups -OCH3 is 1. The van der Waals surface area contributed by atoms with Crippen molar-refractivity contribution in [1.29, 1.82) is 0 Å². The molecule has 1 amide bonds. The molecule has 2 aromatic carbocycles. The first-order chi connectivity index (χ1) is 12.9. The molecule has 27 heavy (non-hydrogen) atoms. The Morgan fingerprint density at radius 2 is 1.74 bits per heavy atom. The fourth-order valence-corrected chi connectivity index (χ4v) is 2.60. The Labute approximate surface area is 163 Å². The molecular formula is C20H22N2O4S. The van der Waals surface area contributed by atoms with Crippen molar-refractivity contribution in [2.24, 2.45) is 0 Å². The van der Waals surface area contributed by atoms with Crippen molar-refractivity contribution in [3.63, 3.8) is 0 Å². The van der Waals surface area contributed by atoms with E-state index in [0.717, 1.165) is 5.56 Å². The summed E-state index contributed by atoms with van der Waals surface area (Å²) in [6.07, 6.45) is 0. The lowest BCUT2D eigenvalue weighted by molar-refractivity contribution is -0.121. The molecule has 142 valence electrons. The molecule has 0 aliphatic heterocycles. The van der Waals surface area contributed by atoms with Crippen molar-refractivity contribution < 1.29 is 19.1 Å². The highest BCUT2D eigenvalue weighted by Crippen LogP contribution is 2.25. The van der Waals surface area contributed by atoms with Gasteiger partial charge in [0.1, 0.15) is 5.75 Å². The predicted molar refractivity (Wildman–Crippen MR) is 108 cm³/mol. The van der Waals surface area contributed by atoms with Gasteiger partial charge in [-0.05, 0) is 54.0 Å². The zero-order valence-corrected chi connectivity index (χ0v) is 16.3. The van der Waals surface area contributed by atoms with Crippen LogP contribution >= 0.6 is 12.2 Å². The topological polar surface area (TPSA) is 76.7 Å². The van der Waals surface area contributed by atoms with Crippen LogP contribution in [0.25, 0.3) is 0 Å². The average Bonchev–Trinajstić information content (AvgIpc) is 2.66. The van der Waals surface area contributed by atoms with Crippen molar-refractivity contribution in [2.45, 2.75) is 19.8 Å². The summed E-state index contributed by atoms with van der Waals surface area (Å²) in [6.45, 7) is 3.98. The molecule has 7 heteroatoms. The zero-order valence-electron chi connectivity index (χ0n) is 15.4. The molecule has 0 aromatic heterocycles. The molecule has 0 aliphatic rings. The molecular weight excluding hydrogens is 364 g/mol. The number of ether oxygens (including phenoxy) is 2. The number of nitrogens with one attached hydrogen (secondary N) is 2. The van der Waals surface area contributed by atoms with Gasteiger partial charge in [0.25, 0.3) is 5.91 Å². The largest absolute Gasteiger partial charge is 0.483 e. The molecule has 0 unspecified atom stereocenters. The van der Waals surface area contributed by atoms with Crippen molar-refractivity contribution in [3.05, 3.63) is 59.7 Å². The molecule has 0 saturated heterocycles. The van der Waals surface area contributed by atoms with Gasteiger partial charge in [-0.3, -0.25) is 10.1 Å². The highest BCUT2D eigenvalue weighted by Gasteiger charge is 2.11. The van der Waals surface area contributed by atoms with Crippen LogP contribution in [0.4, 0.5) is 5.69 Å². The van der Waals surface area contributed by atoms with E-state index in [0.29, 0.717) is 22.9 Å². The Morgan fingerprint density at radius 3 is 2.37 bits per heavy atom. The van der Waals surface area contributed by atoms with Crippen molar-refractivity contribution >= 4 is 34.9 Å². The minimum atomic E-state index is -0.420. The van der Waals surface area contributed by atoms with E-state index in [2.05, 4.69) is 29.2 Å². The number of hydrogen-bond acceptors (Lipinski definition) is 5. The van der Waals surface area contributed by atoms with E-state index in [1.807, 2.05) is 24.3 Å². The van der Waals surface area contributed by atoms with Gasteiger partial charge in [0.05, 0.1) is 12.7 Å². The summed E-state index contributed by atoms with van der Waals surface area (Å²) in [5, 5.41) is 5.58. The summed E-state index contributed by atoms with van der Waals surface area (Å²) >= 11 is 5.13. The van der Waals surface area contributed by atoms with Crippen LogP contribution in [0.2, 0.25) is 0 Å². The summed E-state index contributed by atoms with van der Waals surface area (Å²) in [6, 6.07) is 14.1. The maximum absolute atomic E-state index is 12.1. The lowest BCUT2D eigenvalue weighted by Gasteiger charge is -2.14. The number of esters is 1. The quantitative estimate of drug-likeness (QED) is 0.585. The molecule has 6 nitrogen and oxygen atoms in total. The third-order valence-corrected chi connectivity index (χ3v) is 3.92. The van der Waals surface area contributed by atoms with Gasteiger partial charge in [0.2, 0.25) is 0 Å². The Morgan fingerprint density at radius 1 is 1.07 bits per heavy atom. The first-order valence-corrected chi connectivity index (χ1v) is 8.82. The number of anilines is 1. The lowest BCUT2D eigenvalue weighted by Crippen LogP contribution is -2.37. The van der Waals surface area contributed by atoms with Crippen LogP contribution in [0, 0.1) is 0 Å². The van der Waals surface area contributed by atoms with E-state index >= 15 is 0 Å². The second-order valence-corrected chi connectivity index (χ2v) is 6.46. The molecule has 0 heterocycles. The monoisotopic (exact) mass is 386 g/mol.